The zero-order chi connectivity index (χ0) is 35.4. The second-order valence-corrected chi connectivity index (χ2v) is 15.9. The molecule has 0 aliphatic heterocycles. The molecule has 0 radical (unpaired) electrons. The van der Waals surface area contributed by atoms with Crippen molar-refractivity contribution in [3.8, 4) is 32.4 Å². The van der Waals surface area contributed by atoms with Gasteiger partial charge in [0.15, 0.2) is 10.2 Å². The van der Waals surface area contributed by atoms with E-state index in [1.807, 2.05) is 45.9 Å². The molecule has 50 heavy (non-hydrogen) atoms. The third-order valence-electron chi connectivity index (χ3n) is 8.37. The van der Waals surface area contributed by atoms with Gasteiger partial charge in [0.1, 0.15) is 11.5 Å². The molecule has 7 rings (SSSR count). The Morgan fingerprint density at radius 1 is 0.780 bits per heavy atom. The monoisotopic (exact) mass is 740 g/mol. The van der Waals surface area contributed by atoms with Crippen LogP contribution in [0.1, 0.15) is 56.3 Å². The fourth-order valence-corrected chi connectivity index (χ4v) is 9.33. The second kappa shape index (κ2) is 15.7. The molecule has 1 unspecified atom stereocenters. The highest BCUT2D eigenvalue weighted by molar-refractivity contribution is 7.80. The molecule has 0 fully saturated rings. The number of thiazole rings is 3. The predicted octanol–water partition coefficient (Wildman–Crippen LogP) is 10.2. The molecule has 6 aromatic rings. The van der Waals surface area contributed by atoms with E-state index >= 15 is 0 Å². The van der Waals surface area contributed by atoms with Crippen LogP contribution >= 0.6 is 46.2 Å². The molecule has 0 spiro atoms. The Morgan fingerprint density at radius 3 is 1.90 bits per heavy atom. The highest BCUT2D eigenvalue weighted by Gasteiger charge is 2.26. The number of rotatable bonds is 8. The van der Waals surface area contributed by atoms with Gasteiger partial charge in [0.05, 0.1) is 51.1 Å². The molecule has 1 aliphatic rings. The molecule has 3 aromatic heterocycles. The minimum absolute atomic E-state index is 0.236. The summed E-state index contributed by atoms with van der Waals surface area (Å²) in [6, 6.07) is 22.8. The standard InChI is InChI=1S/C25H25N3OS2.C13H15N3OS2/c1-15-24(30-16(2)26-15)20-13-12-18(14-21(20)29-3)27-25-28-23-19(10-7-11-22(23)31-25)17-8-5-4-6-9-17;1-7-12(19-8(2)15-7)10-5-4-9(16-13(14)18)6-11(10)17-3/h4-6,8-9,12-14,19H,7,10-11H2,1-3H3,(H,27,28);4-6H,1-3H3,(H3,14,16,18). The van der Waals surface area contributed by atoms with Crippen molar-refractivity contribution in [2.75, 3.05) is 24.9 Å². The summed E-state index contributed by atoms with van der Waals surface area (Å²) >= 11 is 9.96. The van der Waals surface area contributed by atoms with Gasteiger partial charge in [-0.15, -0.1) is 34.0 Å². The second-order valence-electron chi connectivity index (χ2n) is 11.9. The Morgan fingerprint density at radius 2 is 1.36 bits per heavy atom. The van der Waals surface area contributed by atoms with Crippen molar-refractivity contribution in [1.82, 2.24) is 15.0 Å². The van der Waals surface area contributed by atoms with E-state index in [-0.39, 0.29) is 5.11 Å². The molecule has 258 valence electrons. The highest BCUT2D eigenvalue weighted by Crippen LogP contribution is 2.43. The van der Waals surface area contributed by atoms with Crippen LogP contribution in [-0.4, -0.2) is 34.3 Å². The summed E-state index contributed by atoms with van der Waals surface area (Å²) in [7, 11) is 3.37. The van der Waals surface area contributed by atoms with Gasteiger partial charge in [-0.25, -0.2) is 15.0 Å². The average molecular weight is 741 g/mol. The number of aromatic nitrogens is 3. The van der Waals surface area contributed by atoms with Gasteiger partial charge < -0.3 is 25.8 Å². The van der Waals surface area contributed by atoms with Crippen molar-refractivity contribution in [3.63, 3.8) is 0 Å². The lowest BCUT2D eigenvalue weighted by Crippen LogP contribution is -2.18. The summed E-state index contributed by atoms with van der Waals surface area (Å²) in [5, 5.41) is 9.71. The van der Waals surface area contributed by atoms with E-state index in [2.05, 4.69) is 69.1 Å². The van der Waals surface area contributed by atoms with Crippen molar-refractivity contribution in [1.29, 1.82) is 0 Å². The van der Waals surface area contributed by atoms with E-state index in [1.54, 1.807) is 48.2 Å². The summed E-state index contributed by atoms with van der Waals surface area (Å²) in [4.78, 5) is 17.7. The molecule has 0 saturated heterocycles. The van der Waals surface area contributed by atoms with Crippen LogP contribution in [0, 0.1) is 27.7 Å². The minimum Gasteiger partial charge on any atom is -0.496 e. The van der Waals surface area contributed by atoms with E-state index in [0.717, 1.165) is 83.1 Å². The van der Waals surface area contributed by atoms with Crippen molar-refractivity contribution in [2.24, 2.45) is 5.73 Å². The molecule has 8 nitrogen and oxygen atoms in total. The maximum Gasteiger partial charge on any atom is 0.187 e. The number of nitrogens with zero attached hydrogens (tertiary/aromatic N) is 3. The van der Waals surface area contributed by atoms with Crippen molar-refractivity contribution in [3.05, 3.63) is 104 Å². The molecule has 12 heteroatoms. The van der Waals surface area contributed by atoms with Crippen LogP contribution in [0.2, 0.25) is 0 Å². The van der Waals surface area contributed by atoms with Gasteiger partial charge in [-0.3, -0.25) is 0 Å². The molecular weight excluding hydrogens is 701 g/mol. The average Bonchev–Trinajstić information content (AvgIpc) is 3.78. The van der Waals surface area contributed by atoms with E-state index in [9.17, 15) is 0 Å². The first-order valence-corrected chi connectivity index (χ1v) is 19.1. The van der Waals surface area contributed by atoms with Crippen molar-refractivity contribution < 1.29 is 9.47 Å². The number of thiocarbonyl (C=S) groups is 1. The van der Waals surface area contributed by atoms with Gasteiger partial charge in [0.25, 0.3) is 0 Å². The van der Waals surface area contributed by atoms with Crippen LogP contribution < -0.4 is 25.8 Å². The first-order chi connectivity index (χ1) is 24.1. The fraction of sp³-hybridized carbons (Fsp3) is 0.263. The number of aryl methyl sites for hydroxylation is 5. The molecule has 0 amide bonds. The van der Waals surface area contributed by atoms with Gasteiger partial charge in [-0.2, -0.15) is 0 Å². The molecule has 1 aliphatic carbocycles. The van der Waals surface area contributed by atoms with Crippen LogP contribution in [0.5, 0.6) is 11.5 Å². The Balaban J connectivity index is 0.000000195. The SMILES string of the molecule is COc1cc(NC(N)=S)ccc1-c1sc(C)nc1C.COc1cc(Nc2nc3c(s2)CCCC3c2ccccc2)ccc1-c1sc(C)nc1C. The van der Waals surface area contributed by atoms with Gasteiger partial charge in [0.2, 0.25) is 0 Å². The van der Waals surface area contributed by atoms with E-state index in [0.29, 0.717) is 5.92 Å². The number of nitrogens with two attached hydrogens (primary N) is 1. The number of methoxy groups -OCH3 is 2. The lowest BCUT2D eigenvalue weighted by atomic mass is 9.85. The topological polar surface area (TPSA) is 107 Å². The van der Waals surface area contributed by atoms with Gasteiger partial charge in [-0.1, -0.05) is 30.3 Å². The number of hydrogen-bond donors (Lipinski definition) is 3. The number of benzene rings is 3. The number of anilines is 3. The molecule has 3 aromatic carbocycles. The van der Waals surface area contributed by atoms with Crippen LogP contribution in [0.3, 0.4) is 0 Å². The van der Waals surface area contributed by atoms with Crippen LogP contribution in [0.25, 0.3) is 20.9 Å². The lowest BCUT2D eigenvalue weighted by molar-refractivity contribution is 0.416. The third-order valence-corrected chi connectivity index (χ3v) is 11.7. The Kier molecular flexibility index (Phi) is 11.1. The number of hydrogen-bond acceptors (Lipinski definition) is 10. The fourth-order valence-electron chi connectivity index (χ4n) is 6.22. The number of fused-ring (bicyclic) bond motifs is 1. The first kappa shape index (κ1) is 35.5. The molecule has 0 saturated carbocycles. The quantitative estimate of drug-likeness (QED) is 0.131. The number of nitrogens with one attached hydrogen (secondary N) is 2. The zero-order valence-corrected chi connectivity index (χ0v) is 32.2. The predicted molar refractivity (Wildman–Crippen MR) is 214 cm³/mol. The summed E-state index contributed by atoms with van der Waals surface area (Å²) in [6.45, 7) is 8.08. The molecule has 1 atom stereocenters. The Hall–Kier alpha value is -4.36. The highest BCUT2D eigenvalue weighted by atomic mass is 32.1. The third kappa shape index (κ3) is 7.99. The zero-order valence-electron chi connectivity index (χ0n) is 28.9. The van der Waals surface area contributed by atoms with E-state index in [4.69, 9.17) is 32.4 Å². The van der Waals surface area contributed by atoms with E-state index in [1.165, 1.54) is 22.6 Å². The van der Waals surface area contributed by atoms with E-state index < -0.39 is 0 Å². The lowest BCUT2D eigenvalue weighted by Gasteiger charge is -2.21. The summed E-state index contributed by atoms with van der Waals surface area (Å²) in [6.07, 6.45) is 3.49. The van der Waals surface area contributed by atoms with Gasteiger partial charge in [0, 0.05) is 45.4 Å². The molecule has 0 bridgehead atoms. The summed E-state index contributed by atoms with van der Waals surface area (Å²) < 4.78 is 11.2. The van der Waals surface area contributed by atoms with Crippen molar-refractivity contribution >= 4 is 67.8 Å². The smallest absolute Gasteiger partial charge is 0.187 e. The Labute approximate surface area is 310 Å². The number of ether oxygens (including phenoxy) is 2. The van der Waals surface area contributed by atoms with Crippen LogP contribution in [0.15, 0.2) is 66.7 Å². The first-order valence-electron chi connectivity index (χ1n) is 16.3. The Bertz CT molecular complexity index is 2120. The molecule has 4 N–H and O–H groups in total. The largest absolute Gasteiger partial charge is 0.496 e. The summed E-state index contributed by atoms with van der Waals surface area (Å²) in [5.41, 5.74) is 14.0. The van der Waals surface area contributed by atoms with Crippen molar-refractivity contribution in [2.45, 2.75) is 52.9 Å². The normalized spacial score (nSPS) is 13.5. The van der Waals surface area contributed by atoms with Gasteiger partial charge in [-0.05, 0) is 89.0 Å². The summed E-state index contributed by atoms with van der Waals surface area (Å²) in [5.74, 6) is 2.01. The van der Waals surface area contributed by atoms with Crippen LogP contribution in [-0.2, 0) is 6.42 Å². The maximum absolute atomic E-state index is 5.72. The van der Waals surface area contributed by atoms with Crippen LogP contribution in [0.4, 0.5) is 16.5 Å². The maximum atomic E-state index is 5.72. The molecule has 3 heterocycles. The minimum atomic E-state index is 0.236. The molecular formula is C38H40N6O2S4. The van der Waals surface area contributed by atoms with Gasteiger partial charge >= 0.3 is 0 Å².